The Hall–Kier alpha value is -0.570. The van der Waals surface area contributed by atoms with Crippen LogP contribution < -0.4 is 5.73 Å². The zero-order chi connectivity index (χ0) is 12.0. The third kappa shape index (κ3) is 5.50. The van der Waals surface area contributed by atoms with Crippen LogP contribution in [-0.4, -0.2) is 17.1 Å². The van der Waals surface area contributed by atoms with Gasteiger partial charge in [-0.2, -0.15) is 0 Å². The molecule has 0 heterocycles. The van der Waals surface area contributed by atoms with Crippen molar-refractivity contribution in [2.24, 2.45) is 17.6 Å². The van der Waals surface area contributed by atoms with Gasteiger partial charge in [-0.05, 0) is 18.3 Å². The first-order valence-corrected chi connectivity index (χ1v) is 6.55. The highest BCUT2D eigenvalue weighted by atomic mass is 16.4. The minimum atomic E-state index is -0.782. The molecule has 0 unspecified atom stereocenters. The Bertz CT molecular complexity index is 212. The Morgan fingerprint density at radius 1 is 1.44 bits per heavy atom. The highest BCUT2D eigenvalue weighted by Gasteiger charge is 2.17. The first kappa shape index (κ1) is 13.5. The second-order valence-electron chi connectivity index (χ2n) is 5.43. The van der Waals surface area contributed by atoms with E-state index in [-0.39, 0.29) is 12.5 Å². The van der Waals surface area contributed by atoms with E-state index in [9.17, 15) is 4.79 Å². The first-order valence-electron chi connectivity index (χ1n) is 6.55. The minimum Gasteiger partial charge on any atom is -0.481 e. The molecule has 0 aromatic heterocycles. The molecule has 0 aromatic rings. The largest absolute Gasteiger partial charge is 0.481 e. The van der Waals surface area contributed by atoms with Gasteiger partial charge in [0.2, 0.25) is 0 Å². The standard InChI is InChI=1S/C13H25NO2/c1-10(8-12(14)9-13(15)16)6-7-11-4-2-3-5-11/h10-12H,2-9,14H2,1H3,(H,15,16)/t10-,12+/m1/s1. The van der Waals surface area contributed by atoms with Crippen LogP contribution in [0.2, 0.25) is 0 Å². The fourth-order valence-electron chi connectivity index (χ4n) is 2.76. The number of hydrogen-bond acceptors (Lipinski definition) is 2. The summed E-state index contributed by atoms with van der Waals surface area (Å²) in [6.45, 7) is 2.19. The molecule has 2 atom stereocenters. The average Bonchev–Trinajstić information content (AvgIpc) is 2.65. The van der Waals surface area contributed by atoms with E-state index in [1.165, 1.54) is 38.5 Å². The van der Waals surface area contributed by atoms with Gasteiger partial charge in [0.1, 0.15) is 0 Å². The van der Waals surface area contributed by atoms with E-state index >= 15 is 0 Å². The topological polar surface area (TPSA) is 63.3 Å². The highest BCUT2D eigenvalue weighted by Crippen LogP contribution is 2.30. The predicted molar refractivity (Wildman–Crippen MR) is 65.2 cm³/mol. The maximum atomic E-state index is 10.5. The van der Waals surface area contributed by atoms with Gasteiger partial charge in [-0.3, -0.25) is 4.79 Å². The molecule has 1 rings (SSSR count). The zero-order valence-corrected chi connectivity index (χ0v) is 10.3. The van der Waals surface area contributed by atoms with Crippen LogP contribution in [0.5, 0.6) is 0 Å². The van der Waals surface area contributed by atoms with Gasteiger partial charge in [0.05, 0.1) is 6.42 Å². The highest BCUT2D eigenvalue weighted by molar-refractivity contribution is 5.67. The van der Waals surface area contributed by atoms with Gasteiger partial charge in [-0.25, -0.2) is 0 Å². The number of aliphatic carboxylic acids is 1. The molecule has 0 aliphatic heterocycles. The smallest absolute Gasteiger partial charge is 0.304 e. The molecule has 0 saturated heterocycles. The molecular weight excluding hydrogens is 202 g/mol. The molecule has 16 heavy (non-hydrogen) atoms. The second-order valence-corrected chi connectivity index (χ2v) is 5.43. The number of carboxylic acid groups (broad SMARTS) is 1. The number of carboxylic acids is 1. The fourth-order valence-corrected chi connectivity index (χ4v) is 2.76. The van der Waals surface area contributed by atoms with Crippen molar-refractivity contribution in [3.8, 4) is 0 Å². The summed E-state index contributed by atoms with van der Waals surface area (Å²) in [6, 6.07) is -0.170. The summed E-state index contributed by atoms with van der Waals surface area (Å²) in [7, 11) is 0. The van der Waals surface area contributed by atoms with Crippen LogP contribution in [-0.2, 0) is 4.79 Å². The van der Waals surface area contributed by atoms with Crippen LogP contribution in [0.15, 0.2) is 0 Å². The Morgan fingerprint density at radius 2 is 2.06 bits per heavy atom. The molecular formula is C13H25NO2. The Morgan fingerprint density at radius 3 is 2.62 bits per heavy atom. The maximum absolute atomic E-state index is 10.5. The molecule has 3 nitrogen and oxygen atoms in total. The molecule has 0 spiro atoms. The molecule has 0 bridgehead atoms. The average molecular weight is 227 g/mol. The minimum absolute atomic E-state index is 0.105. The first-order chi connectivity index (χ1) is 7.58. The monoisotopic (exact) mass is 227 g/mol. The molecule has 0 amide bonds. The molecule has 0 aromatic carbocycles. The van der Waals surface area contributed by atoms with Crippen LogP contribution in [0.4, 0.5) is 0 Å². The van der Waals surface area contributed by atoms with Crippen molar-refractivity contribution >= 4 is 5.97 Å². The Labute approximate surface area is 98.4 Å². The van der Waals surface area contributed by atoms with E-state index < -0.39 is 5.97 Å². The summed E-state index contributed by atoms with van der Waals surface area (Å²) in [4.78, 5) is 10.5. The molecule has 1 fully saturated rings. The quantitative estimate of drug-likeness (QED) is 0.703. The lowest BCUT2D eigenvalue weighted by Gasteiger charge is -2.17. The van der Waals surface area contributed by atoms with Crippen LogP contribution >= 0.6 is 0 Å². The van der Waals surface area contributed by atoms with Crippen LogP contribution in [0, 0.1) is 11.8 Å². The van der Waals surface area contributed by atoms with Crippen molar-refractivity contribution in [2.75, 3.05) is 0 Å². The van der Waals surface area contributed by atoms with Crippen molar-refractivity contribution in [1.29, 1.82) is 0 Å². The summed E-state index contributed by atoms with van der Waals surface area (Å²) >= 11 is 0. The Kier molecular flexibility index (Phi) is 5.81. The fraction of sp³-hybridized carbons (Fsp3) is 0.923. The molecule has 94 valence electrons. The van der Waals surface area contributed by atoms with Gasteiger partial charge < -0.3 is 10.8 Å². The zero-order valence-electron chi connectivity index (χ0n) is 10.3. The predicted octanol–water partition coefficient (Wildman–Crippen LogP) is 2.79. The van der Waals surface area contributed by atoms with Crippen LogP contribution in [0.1, 0.15) is 58.3 Å². The molecule has 0 radical (unpaired) electrons. The lowest BCUT2D eigenvalue weighted by atomic mass is 9.91. The van der Waals surface area contributed by atoms with Gasteiger partial charge in [-0.1, -0.05) is 45.4 Å². The second kappa shape index (κ2) is 6.89. The van der Waals surface area contributed by atoms with Gasteiger partial charge in [0.25, 0.3) is 0 Å². The SMILES string of the molecule is C[C@H](CCC1CCCC1)C[C@H](N)CC(=O)O. The van der Waals surface area contributed by atoms with Crippen LogP contribution in [0.25, 0.3) is 0 Å². The van der Waals surface area contributed by atoms with Crippen molar-refractivity contribution in [3.05, 3.63) is 0 Å². The molecule has 3 N–H and O–H groups in total. The summed E-state index contributed by atoms with van der Waals surface area (Å²) in [5, 5.41) is 8.62. The van der Waals surface area contributed by atoms with Gasteiger partial charge in [0, 0.05) is 6.04 Å². The van der Waals surface area contributed by atoms with E-state index in [2.05, 4.69) is 6.92 Å². The molecule has 1 aliphatic carbocycles. The number of carbonyl (C=O) groups is 1. The van der Waals surface area contributed by atoms with Gasteiger partial charge in [0.15, 0.2) is 0 Å². The number of nitrogens with two attached hydrogens (primary N) is 1. The van der Waals surface area contributed by atoms with E-state index in [0.29, 0.717) is 5.92 Å². The number of rotatable bonds is 7. The lowest BCUT2D eigenvalue weighted by Crippen LogP contribution is -2.26. The van der Waals surface area contributed by atoms with E-state index in [4.69, 9.17) is 10.8 Å². The van der Waals surface area contributed by atoms with Gasteiger partial charge >= 0.3 is 5.97 Å². The van der Waals surface area contributed by atoms with Crippen molar-refractivity contribution in [1.82, 2.24) is 0 Å². The lowest BCUT2D eigenvalue weighted by molar-refractivity contribution is -0.137. The van der Waals surface area contributed by atoms with Crippen molar-refractivity contribution < 1.29 is 9.90 Å². The van der Waals surface area contributed by atoms with Gasteiger partial charge in [-0.15, -0.1) is 0 Å². The molecule has 3 heteroatoms. The maximum Gasteiger partial charge on any atom is 0.304 e. The summed E-state index contributed by atoms with van der Waals surface area (Å²) in [5.41, 5.74) is 5.78. The van der Waals surface area contributed by atoms with Crippen molar-refractivity contribution in [2.45, 2.75) is 64.3 Å². The molecule has 1 aliphatic rings. The van der Waals surface area contributed by atoms with Crippen LogP contribution in [0.3, 0.4) is 0 Å². The third-order valence-corrected chi connectivity index (χ3v) is 3.68. The third-order valence-electron chi connectivity index (χ3n) is 3.68. The summed E-state index contributed by atoms with van der Waals surface area (Å²) < 4.78 is 0. The molecule has 1 saturated carbocycles. The normalized spacial score (nSPS) is 20.9. The van der Waals surface area contributed by atoms with E-state index in [1.54, 1.807) is 0 Å². The summed E-state index contributed by atoms with van der Waals surface area (Å²) in [6.07, 6.45) is 9.06. The van der Waals surface area contributed by atoms with E-state index in [1.807, 2.05) is 0 Å². The van der Waals surface area contributed by atoms with Crippen molar-refractivity contribution in [3.63, 3.8) is 0 Å². The summed E-state index contributed by atoms with van der Waals surface area (Å²) in [5.74, 6) is 0.712. The number of hydrogen-bond donors (Lipinski definition) is 2. The Balaban J connectivity index is 2.09. The van der Waals surface area contributed by atoms with E-state index in [0.717, 1.165) is 12.3 Å².